The normalized spacial score (nSPS) is 11.8. The Morgan fingerprint density at radius 3 is 2.11 bits per heavy atom. The molecule has 0 aliphatic rings. The smallest absolute Gasteiger partial charge is 0.264 e. The van der Waals surface area contributed by atoms with Crippen LogP contribution in [0.5, 0.6) is 11.5 Å². The molecule has 0 radical (unpaired) electrons. The Morgan fingerprint density at radius 1 is 0.830 bits per heavy atom. The molecule has 0 fully saturated rings. The zero-order chi connectivity index (χ0) is 34.1. The van der Waals surface area contributed by atoms with Crippen molar-refractivity contribution in [2.24, 2.45) is 0 Å². The van der Waals surface area contributed by atoms with Crippen LogP contribution in [0.1, 0.15) is 18.1 Å². The van der Waals surface area contributed by atoms with Crippen molar-refractivity contribution in [1.82, 2.24) is 10.2 Å². The number of carbonyl (C=O) groups is 2. The third-order valence-corrected chi connectivity index (χ3v) is 9.92. The Labute approximate surface area is 290 Å². The van der Waals surface area contributed by atoms with Crippen LogP contribution in [0.3, 0.4) is 0 Å². The first-order valence-corrected chi connectivity index (χ1v) is 17.1. The van der Waals surface area contributed by atoms with Gasteiger partial charge in [0.25, 0.3) is 10.0 Å². The molecule has 4 rings (SSSR count). The van der Waals surface area contributed by atoms with E-state index < -0.39 is 34.4 Å². The van der Waals surface area contributed by atoms with Crippen molar-refractivity contribution in [2.45, 2.75) is 30.8 Å². The van der Waals surface area contributed by atoms with Gasteiger partial charge in [0.05, 0.1) is 24.8 Å². The molecule has 2 amide bonds. The molecule has 47 heavy (non-hydrogen) atoms. The number of sulfonamides is 1. The third kappa shape index (κ3) is 8.90. The molecule has 0 bridgehead atoms. The van der Waals surface area contributed by atoms with Crippen molar-refractivity contribution in [1.29, 1.82) is 0 Å². The largest absolute Gasteiger partial charge is 0.493 e. The maximum atomic E-state index is 14.5. The molecule has 0 heterocycles. The second-order valence-electron chi connectivity index (χ2n) is 10.4. The highest BCUT2D eigenvalue weighted by molar-refractivity contribution is 7.92. The van der Waals surface area contributed by atoms with E-state index in [9.17, 15) is 18.0 Å². The van der Waals surface area contributed by atoms with Crippen molar-refractivity contribution in [3.05, 3.63) is 117 Å². The second kappa shape index (κ2) is 16.2. The lowest BCUT2D eigenvalue weighted by Crippen LogP contribution is -2.53. The second-order valence-corrected chi connectivity index (χ2v) is 13.5. The Balaban J connectivity index is 1.83. The summed E-state index contributed by atoms with van der Waals surface area (Å²) in [5, 5.41) is 3.89. The number of amides is 2. The van der Waals surface area contributed by atoms with Crippen molar-refractivity contribution < 1.29 is 27.5 Å². The molecule has 0 aliphatic carbocycles. The lowest BCUT2D eigenvalue weighted by molar-refractivity contribution is -0.140. The average Bonchev–Trinajstić information content (AvgIpc) is 3.06. The highest BCUT2D eigenvalue weighted by Crippen LogP contribution is 2.33. The molecule has 1 atom stereocenters. The van der Waals surface area contributed by atoms with Gasteiger partial charge < -0.3 is 19.7 Å². The van der Waals surface area contributed by atoms with Gasteiger partial charge in [-0.05, 0) is 66.6 Å². The number of carbonyl (C=O) groups excluding carboxylic acids is 2. The van der Waals surface area contributed by atoms with Gasteiger partial charge in [-0.3, -0.25) is 13.9 Å². The van der Waals surface area contributed by atoms with Gasteiger partial charge in [-0.25, -0.2) is 8.42 Å². The van der Waals surface area contributed by atoms with Crippen molar-refractivity contribution in [3.63, 3.8) is 0 Å². The molecule has 0 aromatic heterocycles. The summed E-state index contributed by atoms with van der Waals surface area (Å²) in [7, 11) is -1.56. The lowest BCUT2D eigenvalue weighted by atomic mass is 10.0. The van der Waals surface area contributed by atoms with Crippen molar-refractivity contribution in [3.8, 4) is 11.5 Å². The Hall–Kier alpha value is -3.96. The molecule has 1 N–H and O–H groups in total. The van der Waals surface area contributed by atoms with E-state index >= 15 is 0 Å². The summed E-state index contributed by atoms with van der Waals surface area (Å²) in [5.74, 6) is -0.538. The first kappa shape index (κ1) is 35.9. The molecule has 4 aromatic carbocycles. The maximum Gasteiger partial charge on any atom is 0.264 e. The fourth-order valence-corrected chi connectivity index (χ4v) is 6.94. The zero-order valence-corrected chi connectivity index (χ0v) is 29.0. The van der Waals surface area contributed by atoms with Gasteiger partial charge in [-0.1, -0.05) is 71.2 Å². The summed E-state index contributed by atoms with van der Waals surface area (Å²) < 4.78 is 40.2. The Kier molecular flexibility index (Phi) is 12.4. The number of benzene rings is 4. The predicted octanol–water partition coefficient (Wildman–Crippen LogP) is 6.64. The van der Waals surface area contributed by atoms with Crippen LogP contribution in [0.2, 0.25) is 15.1 Å². The van der Waals surface area contributed by atoms with E-state index in [1.54, 1.807) is 25.1 Å². The minimum absolute atomic E-state index is 0.103. The number of ether oxygens (including phenoxy) is 2. The molecule has 0 saturated carbocycles. The van der Waals surface area contributed by atoms with Crippen LogP contribution < -0.4 is 19.1 Å². The van der Waals surface area contributed by atoms with Crippen LogP contribution in [0.15, 0.2) is 95.9 Å². The van der Waals surface area contributed by atoms with Gasteiger partial charge >= 0.3 is 0 Å². The monoisotopic (exact) mass is 717 g/mol. The maximum absolute atomic E-state index is 14.5. The van der Waals surface area contributed by atoms with Crippen LogP contribution >= 0.6 is 34.8 Å². The quantitative estimate of drug-likeness (QED) is 0.157. The Morgan fingerprint density at radius 2 is 1.49 bits per heavy atom. The highest BCUT2D eigenvalue weighted by Gasteiger charge is 2.35. The zero-order valence-electron chi connectivity index (χ0n) is 26.0. The van der Waals surface area contributed by atoms with E-state index in [1.807, 2.05) is 30.3 Å². The molecular formula is C34H34Cl3N3O6S. The number of halogens is 3. The van der Waals surface area contributed by atoms with Gasteiger partial charge in [0, 0.05) is 40.6 Å². The summed E-state index contributed by atoms with van der Waals surface area (Å²) in [6.45, 7) is 1.33. The van der Waals surface area contributed by atoms with Crippen molar-refractivity contribution >= 4 is 62.3 Å². The van der Waals surface area contributed by atoms with E-state index in [0.717, 1.165) is 9.87 Å². The summed E-state index contributed by atoms with van der Waals surface area (Å²) in [6, 6.07) is 23.2. The first-order valence-electron chi connectivity index (χ1n) is 14.5. The number of anilines is 1. The molecule has 0 saturated heterocycles. The summed E-state index contributed by atoms with van der Waals surface area (Å²) in [4.78, 5) is 29.4. The Bertz CT molecular complexity index is 1810. The van der Waals surface area contributed by atoms with E-state index in [4.69, 9.17) is 44.3 Å². The molecule has 0 spiro atoms. The summed E-state index contributed by atoms with van der Waals surface area (Å²) in [6.07, 6.45) is 0.160. The van der Waals surface area contributed by atoms with Crippen LogP contribution in [0.25, 0.3) is 0 Å². The van der Waals surface area contributed by atoms with E-state index in [0.29, 0.717) is 27.9 Å². The van der Waals surface area contributed by atoms with Gasteiger partial charge in [-0.15, -0.1) is 0 Å². The predicted molar refractivity (Wildman–Crippen MR) is 185 cm³/mol. The molecular weight excluding hydrogens is 685 g/mol. The van der Waals surface area contributed by atoms with Gasteiger partial charge in [0.15, 0.2) is 11.5 Å². The van der Waals surface area contributed by atoms with E-state index in [2.05, 4.69) is 5.32 Å². The van der Waals surface area contributed by atoms with Gasteiger partial charge in [0.1, 0.15) is 12.6 Å². The third-order valence-electron chi connectivity index (χ3n) is 7.31. The summed E-state index contributed by atoms with van der Waals surface area (Å²) in [5.41, 5.74) is 1.50. The molecule has 4 aromatic rings. The van der Waals surface area contributed by atoms with Gasteiger partial charge in [0.2, 0.25) is 11.8 Å². The fourth-order valence-electron chi connectivity index (χ4n) is 4.92. The fraction of sp³-hybridized carbons (Fsp3) is 0.235. The van der Waals surface area contributed by atoms with Crippen LogP contribution in [0, 0.1) is 0 Å². The van der Waals surface area contributed by atoms with Crippen LogP contribution in [-0.4, -0.2) is 58.5 Å². The number of likely N-dealkylation sites (N-methyl/N-ethyl adjacent to an activating group) is 1. The molecule has 9 nitrogen and oxygen atoms in total. The van der Waals surface area contributed by atoms with Crippen LogP contribution in [-0.2, 0) is 32.6 Å². The molecule has 0 aliphatic heterocycles. The number of methoxy groups -OCH3 is 2. The molecule has 248 valence electrons. The lowest BCUT2D eigenvalue weighted by Gasteiger charge is -2.34. The number of hydrogen-bond acceptors (Lipinski definition) is 6. The van der Waals surface area contributed by atoms with Gasteiger partial charge in [-0.2, -0.15) is 0 Å². The van der Waals surface area contributed by atoms with Crippen molar-refractivity contribution in [2.75, 3.05) is 31.6 Å². The minimum atomic E-state index is -4.39. The number of nitrogens with one attached hydrogen (secondary N) is 1. The van der Waals surface area contributed by atoms with E-state index in [-0.39, 0.29) is 34.3 Å². The summed E-state index contributed by atoms with van der Waals surface area (Å²) >= 11 is 18.8. The standard InChI is InChI=1S/C34H34Cl3N3O6S/c1-4-38-34(42)30(18-23-8-6-5-7-9-23)39(21-24-10-11-26(36)19-29(24)37)33(41)22-40(27-14-12-25(35)13-15-27)47(43,44)28-16-17-31(45-2)32(20-28)46-3/h5-17,19-20,30H,4,18,21-22H2,1-3H3,(H,38,42)/t30-/m0/s1. The number of rotatable bonds is 14. The van der Waals surface area contributed by atoms with Crippen LogP contribution in [0.4, 0.5) is 5.69 Å². The number of nitrogens with zero attached hydrogens (tertiary/aromatic N) is 2. The number of hydrogen-bond donors (Lipinski definition) is 1. The SMILES string of the molecule is CCNC(=O)[C@H](Cc1ccccc1)N(Cc1ccc(Cl)cc1Cl)C(=O)CN(c1ccc(Cl)cc1)S(=O)(=O)c1ccc(OC)c(OC)c1. The minimum Gasteiger partial charge on any atom is -0.493 e. The average molecular weight is 719 g/mol. The molecule has 13 heteroatoms. The molecule has 0 unspecified atom stereocenters. The topological polar surface area (TPSA) is 105 Å². The first-order chi connectivity index (χ1) is 22.5. The van der Waals surface area contributed by atoms with E-state index in [1.165, 1.54) is 61.6 Å². The highest BCUT2D eigenvalue weighted by atomic mass is 35.5.